The minimum absolute atomic E-state index is 0.0893. The van der Waals surface area contributed by atoms with E-state index in [1.165, 1.54) is 12.1 Å². The smallest absolute Gasteiger partial charge is 0.166 e. The molecule has 3 N–H and O–H groups in total. The average molecular weight is 323 g/mol. The van der Waals surface area contributed by atoms with E-state index in [9.17, 15) is 4.39 Å². The molecule has 0 atom stereocenters. The fraction of sp³-hybridized carbons (Fsp3) is 0.588. The number of rotatable bonds is 3. The standard InChI is InChI=1S/C17H26FN3S/c1-16(2)9-14(10-17(3,4)21-16)20-15(22)19-11-12-5-7-13(18)8-6-12/h5-8,14,21H,9-11H2,1-4H3,(H2,19,20,22). The Hall–Kier alpha value is -1.20. The number of hydrogen-bond donors (Lipinski definition) is 3. The first-order valence-electron chi connectivity index (χ1n) is 7.73. The SMILES string of the molecule is CC1(C)CC(NC(=S)NCc2ccc(F)cc2)CC(C)(C)N1. The number of benzene rings is 1. The van der Waals surface area contributed by atoms with E-state index >= 15 is 0 Å². The van der Waals surface area contributed by atoms with Crippen molar-refractivity contribution < 1.29 is 4.39 Å². The minimum atomic E-state index is -0.219. The first kappa shape index (κ1) is 17.2. The molecule has 1 aromatic rings. The van der Waals surface area contributed by atoms with Gasteiger partial charge >= 0.3 is 0 Å². The highest BCUT2D eigenvalue weighted by Gasteiger charge is 2.37. The summed E-state index contributed by atoms with van der Waals surface area (Å²) in [6, 6.07) is 6.81. The van der Waals surface area contributed by atoms with Crippen LogP contribution < -0.4 is 16.0 Å². The molecule has 0 aromatic heterocycles. The largest absolute Gasteiger partial charge is 0.360 e. The maximum absolute atomic E-state index is 12.9. The van der Waals surface area contributed by atoms with Gasteiger partial charge in [0.15, 0.2) is 5.11 Å². The summed E-state index contributed by atoms with van der Waals surface area (Å²) in [5.41, 5.74) is 1.19. The van der Waals surface area contributed by atoms with E-state index in [-0.39, 0.29) is 16.9 Å². The van der Waals surface area contributed by atoms with E-state index in [2.05, 4.69) is 43.6 Å². The molecule has 0 amide bonds. The van der Waals surface area contributed by atoms with E-state index in [4.69, 9.17) is 12.2 Å². The van der Waals surface area contributed by atoms with Gasteiger partial charge in [0.2, 0.25) is 0 Å². The van der Waals surface area contributed by atoms with Crippen LogP contribution >= 0.6 is 12.2 Å². The van der Waals surface area contributed by atoms with Gasteiger partial charge in [-0.2, -0.15) is 0 Å². The Balaban J connectivity index is 1.85. The van der Waals surface area contributed by atoms with Crippen LogP contribution in [0.15, 0.2) is 24.3 Å². The molecular formula is C17H26FN3S. The molecule has 3 nitrogen and oxygen atoms in total. The summed E-state index contributed by atoms with van der Waals surface area (Å²) in [5, 5.41) is 10.9. The van der Waals surface area contributed by atoms with Gasteiger partial charge in [0.1, 0.15) is 5.82 Å². The van der Waals surface area contributed by atoms with Gasteiger partial charge in [-0.3, -0.25) is 0 Å². The van der Waals surface area contributed by atoms with E-state index in [0.717, 1.165) is 18.4 Å². The summed E-state index contributed by atoms with van der Waals surface area (Å²) >= 11 is 5.39. The molecule has 0 unspecified atom stereocenters. The molecule has 1 aromatic carbocycles. The van der Waals surface area contributed by atoms with Crippen molar-refractivity contribution in [2.75, 3.05) is 0 Å². The lowest BCUT2D eigenvalue weighted by molar-refractivity contribution is 0.155. The minimum Gasteiger partial charge on any atom is -0.360 e. The third-order valence-corrected chi connectivity index (χ3v) is 4.15. The zero-order valence-corrected chi connectivity index (χ0v) is 14.6. The van der Waals surface area contributed by atoms with Crippen molar-refractivity contribution in [3.05, 3.63) is 35.6 Å². The van der Waals surface area contributed by atoms with Crippen LogP contribution in [0.2, 0.25) is 0 Å². The molecule has 2 rings (SSSR count). The van der Waals surface area contributed by atoms with Crippen LogP contribution in [0.5, 0.6) is 0 Å². The molecule has 0 bridgehead atoms. The number of nitrogens with one attached hydrogen (secondary N) is 3. The molecule has 5 heteroatoms. The van der Waals surface area contributed by atoms with Crippen molar-refractivity contribution >= 4 is 17.3 Å². The van der Waals surface area contributed by atoms with Crippen LogP contribution in [0.1, 0.15) is 46.1 Å². The monoisotopic (exact) mass is 323 g/mol. The van der Waals surface area contributed by atoms with E-state index in [1.54, 1.807) is 12.1 Å². The zero-order chi connectivity index (χ0) is 16.4. The molecule has 1 aliphatic heterocycles. The van der Waals surface area contributed by atoms with Crippen molar-refractivity contribution in [3.8, 4) is 0 Å². The summed E-state index contributed by atoms with van der Waals surface area (Å²) in [6.07, 6.45) is 2.05. The van der Waals surface area contributed by atoms with Crippen LogP contribution in [0.3, 0.4) is 0 Å². The molecule has 1 fully saturated rings. The van der Waals surface area contributed by atoms with Gasteiger partial charge < -0.3 is 16.0 Å². The average Bonchev–Trinajstić information content (AvgIpc) is 2.34. The number of halogens is 1. The second-order valence-electron chi connectivity index (χ2n) is 7.45. The van der Waals surface area contributed by atoms with E-state index in [1.807, 2.05) is 0 Å². The van der Waals surface area contributed by atoms with Gasteiger partial charge in [0, 0.05) is 23.7 Å². The molecule has 0 spiro atoms. The first-order valence-corrected chi connectivity index (χ1v) is 8.14. The number of thiocarbonyl (C=S) groups is 1. The third kappa shape index (κ3) is 5.21. The van der Waals surface area contributed by atoms with Crippen LogP contribution in [0.4, 0.5) is 4.39 Å². The Morgan fingerprint density at radius 3 is 2.27 bits per heavy atom. The van der Waals surface area contributed by atoms with Crippen molar-refractivity contribution in [1.82, 2.24) is 16.0 Å². The second-order valence-corrected chi connectivity index (χ2v) is 7.86. The summed E-state index contributed by atoms with van der Waals surface area (Å²) < 4.78 is 12.9. The number of piperidine rings is 1. The fourth-order valence-electron chi connectivity index (χ4n) is 3.45. The molecule has 22 heavy (non-hydrogen) atoms. The Bertz CT molecular complexity index is 509. The molecule has 122 valence electrons. The van der Waals surface area contributed by atoms with Gasteiger partial charge in [-0.1, -0.05) is 12.1 Å². The molecule has 1 saturated heterocycles. The van der Waals surface area contributed by atoms with Crippen LogP contribution in [-0.4, -0.2) is 22.2 Å². The van der Waals surface area contributed by atoms with Crippen molar-refractivity contribution in [2.45, 2.75) is 64.2 Å². The highest BCUT2D eigenvalue weighted by Crippen LogP contribution is 2.28. The lowest BCUT2D eigenvalue weighted by Gasteiger charge is -2.46. The lowest BCUT2D eigenvalue weighted by Crippen LogP contribution is -2.62. The quantitative estimate of drug-likeness (QED) is 0.747. The summed E-state index contributed by atoms with van der Waals surface area (Å²) in [6.45, 7) is 9.48. The molecule has 0 aliphatic carbocycles. The molecule has 1 heterocycles. The summed E-state index contributed by atoms with van der Waals surface area (Å²) in [7, 11) is 0. The maximum atomic E-state index is 12.9. The van der Waals surface area contributed by atoms with Crippen molar-refractivity contribution in [2.24, 2.45) is 0 Å². The highest BCUT2D eigenvalue weighted by atomic mass is 32.1. The van der Waals surface area contributed by atoms with Gasteiger partial charge in [-0.15, -0.1) is 0 Å². The van der Waals surface area contributed by atoms with Crippen LogP contribution in [0, 0.1) is 5.82 Å². The van der Waals surface area contributed by atoms with Crippen LogP contribution in [-0.2, 0) is 6.54 Å². The Morgan fingerprint density at radius 1 is 1.18 bits per heavy atom. The van der Waals surface area contributed by atoms with Gasteiger partial charge in [0.25, 0.3) is 0 Å². The third-order valence-electron chi connectivity index (χ3n) is 3.89. The predicted octanol–water partition coefficient (Wildman–Crippen LogP) is 3.10. The molecule has 0 radical (unpaired) electrons. The summed E-state index contributed by atoms with van der Waals surface area (Å²) in [5.74, 6) is -0.219. The van der Waals surface area contributed by atoms with Crippen LogP contribution in [0.25, 0.3) is 0 Å². The normalized spacial score (nSPS) is 20.4. The predicted molar refractivity (Wildman–Crippen MR) is 93.3 cm³/mol. The fourth-order valence-corrected chi connectivity index (χ4v) is 3.68. The Labute approximate surface area is 138 Å². The van der Waals surface area contributed by atoms with Gasteiger partial charge in [-0.25, -0.2) is 4.39 Å². The van der Waals surface area contributed by atoms with E-state index < -0.39 is 0 Å². The highest BCUT2D eigenvalue weighted by molar-refractivity contribution is 7.80. The van der Waals surface area contributed by atoms with Gasteiger partial charge in [0.05, 0.1) is 0 Å². The molecular weight excluding hydrogens is 297 g/mol. The Kier molecular flexibility index (Phi) is 5.07. The topological polar surface area (TPSA) is 36.1 Å². The Morgan fingerprint density at radius 2 is 1.73 bits per heavy atom. The van der Waals surface area contributed by atoms with Crippen molar-refractivity contribution in [1.29, 1.82) is 0 Å². The lowest BCUT2D eigenvalue weighted by atomic mass is 9.80. The zero-order valence-electron chi connectivity index (χ0n) is 13.8. The number of hydrogen-bond acceptors (Lipinski definition) is 2. The molecule has 1 aliphatic rings. The van der Waals surface area contributed by atoms with E-state index in [0.29, 0.717) is 17.7 Å². The summed E-state index contributed by atoms with van der Waals surface area (Å²) in [4.78, 5) is 0. The second kappa shape index (κ2) is 6.50. The molecule has 0 saturated carbocycles. The van der Waals surface area contributed by atoms with Crippen molar-refractivity contribution in [3.63, 3.8) is 0 Å². The van der Waals surface area contributed by atoms with Gasteiger partial charge in [-0.05, 0) is 70.5 Å². The first-order chi connectivity index (χ1) is 10.2. The maximum Gasteiger partial charge on any atom is 0.166 e.